The van der Waals surface area contributed by atoms with Crippen LogP contribution in [-0.4, -0.2) is 21.5 Å². The Labute approximate surface area is 153 Å². The minimum Gasteiger partial charge on any atom is -0.364 e. The molecule has 7 heteroatoms. The lowest BCUT2D eigenvalue weighted by atomic mass is 10.1. The molecule has 0 spiro atoms. The fraction of sp³-hybridized carbons (Fsp3) is 0.150. The second kappa shape index (κ2) is 6.67. The average Bonchev–Trinajstić information content (AvgIpc) is 2.99. The molecule has 0 fully saturated rings. The van der Waals surface area contributed by atoms with E-state index in [1.54, 1.807) is 34.9 Å². The van der Waals surface area contributed by atoms with Crippen molar-refractivity contribution in [2.24, 2.45) is 0 Å². The Morgan fingerprint density at radius 3 is 2.70 bits per heavy atom. The van der Waals surface area contributed by atoms with Crippen molar-refractivity contribution < 1.29 is 9.13 Å². The van der Waals surface area contributed by atoms with Crippen molar-refractivity contribution in [3.05, 3.63) is 70.4 Å². The second-order valence-electron chi connectivity index (χ2n) is 6.06. The van der Waals surface area contributed by atoms with Crippen LogP contribution < -0.4 is 5.56 Å². The number of benzene rings is 2. The number of hydrogen-bond donors (Lipinski definition) is 0. The summed E-state index contributed by atoms with van der Waals surface area (Å²) in [7, 11) is 1.52. The summed E-state index contributed by atoms with van der Waals surface area (Å²) >= 11 is 0. The highest BCUT2D eigenvalue weighted by atomic mass is 19.1. The molecule has 0 aliphatic carbocycles. The molecule has 6 nitrogen and oxygen atoms in total. The summed E-state index contributed by atoms with van der Waals surface area (Å²) in [5.74, 6) is -0.422. The van der Waals surface area contributed by atoms with Gasteiger partial charge in [0.1, 0.15) is 18.1 Å². The molecule has 0 unspecified atom stereocenters. The maximum Gasteiger partial charge on any atom is 0.296 e. The fourth-order valence-corrected chi connectivity index (χ4v) is 3.36. The summed E-state index contributed by atoms with van der Waals surface area (Å²) in [6.07, 6.45) is -0.00772. The molecule has 0 aliphatic heterocycles. The van der Waals surface area contributed by atoms with Gasteiger partial charge in [0.15, 0.2) is 0 Å². The lowest BCUT2D eigenvalue weighted by Gasteiger charge is -2.10. The predicted octanol–water partition coefficient (Wildman–Crippen LogP) is 3.15. The van der Waals surface area contributed by atoms with Crippen LogP contribution in [0.2, 0.25) is 0 Å². The van der Waals surface area contributed by atoms with E-state index in [9.17, 15) is 14.4 Å². The molecular weight excluding hydrogens is 347 g/mol. The highest BCUT2D eigenvalue weighted by molar-refractivity contribution is 6.09. The van der Waals surface area contributed by atoms with Gasteiger partial charge in [-0.3, -0.25) is 4.79 Å². The van der Waals surface area contributed by atoms with Crippen molar-refractivity contribution in [1.29, 1.82) is 5.26 Å². The molecule has 2 aromatic heterocycles. The highest BCUT2D eigenvalue weighted by Crippen LogP contribution is 2.30. The summed E-state index contributed by atoms with van der Waals surface area (Å²) in [4.78, 5) is 13.3. The molecule has 0 N–H and O–H groups in total. The van der Waals surface area contributed by atoms with E-state index >= 15 is 0 Å². The largest absolute Gasteiger partial charge is 0.364 e. The van der Waals surface area contributed by atoms with Crippen LogP contribution >= 0.6 is 0 Å². The number of nitrogens with zero attached hydrogens (tertiary/aromatic N) is 4. The molecule has 134 valence electrons. The zero-order chi connectivity index (χ0) is 19.0. The minimum absolute atomic E-state index is 0.00772. The number of methoxy groups -OCH3 is 1. The molecule has 0 amide bonds. The van der Waals surface area contributed by atoms with Gasteiger partial charge in [0, 0.05) is 17.9 Å². The van der Waals surface area contributed by atoms with E-state index in [0.717, 1.165) is 0 Å². The zero-order valence-corrected chi connectivity index (χ0v) is 14.5. The van der Waals surface area contributed by atoms with Gasteiger partial charge in [0.05, 0.1) is 29.4 Å². The van der Waals surface area contributed by atoms with Crippen LogP contribution in [0.1, 0.15) is 5.69 Å². The van der Waals surface area contributed by atoms with Crippen LogP contribution in [0.25, 0.3) is 27.5 Å². The van der Waals surface area contributed by atoms with Crippen LogP contribution in [0, 0.1) is 17.1 Å². The van der Waals surface area contributed by atoms with Gasteiger partial charge < -0.3 is 9.30 Å². The topological polar surface area (TPSA) is 72.8 Å². The van der Waals surface area contributed by atoms with Crippen LogP contribution in [0.3, 0.4) is 0 Å². The lowest BCUT2D eigenvalue weighted by Crippen LogP contribution is -2.25. The normalized spacial score (nSPS) is 11.1. The Kier molecular flexibility index (Phi) is 4.18. The minimum atomic E-state index is -0.422. The maximum atomic E-state index is 13.9. The van der Waals surface area contributed by atoms with Crippen LogP contribution in [0.4, 0.5) is 4.39 Å². The van der Waals surface area contributed by atoms with Gasteiger partial charge in [-0.25, -0.2) is 4.39 Å². The molecule has 0 radical (unpaired) electrons. The first kappa shape index (κ1) is 16.9. The summed E-state index contributed by atoms with van der Waals surface area (Å²) in [6.45, 7) is 0.117. The average molecular weight is 362 g/mol. The van der Waals surface area contributed by atoms with E-state index in [-0.39, 0.29) is 18.7 Å². The molecule has 0 saturated carbocycles. The third-order valence-corrected chi connectivity index (χ3v) is 4.44. The van der Waals surface area contributed by atoms with Gasteiger partial charge in [0.2, 0.25) is 0 Å². The summed E-state index contributed by atoms with van der Waals surface area (Å²) in [5.41, 5.74) is 1.63. The van der Waals surface area contributed by atoms with Crippen molar-refractivity contribution in [2.45, 2.75) is 13.2 Å². The lowest BCUT2D eigenvalue weighted by molar-refractivity contribution is 0.138. The Hall–Kier alpha value is -3.50. The number of hydrogen-bond acceptors (Lipinski definition) is 4. The summed E-state index contributed by atoms with van der Waals surface area (Å²) < 4.78 is 22.1. The van der Waals surface area contributed by atoms with E-state index in [4.69, 9.17) is 4.74 Å². The molecule has 2 aromatic carbocycles. The molecule has 0 aliphatic rings. The van der Waals surface area contributed by atoms with Crippen molar-refractivity contribution in [1.82, 2.24) is 14.3 Å². The quantitative estimate of drug-likeness (QED) is 0.559. The fourth-order valence-electron chi connectivity index (χ4n) is 3.36. The molecule has 2 heterocycles. The molecular formula is C20H15FN4O2. The standard InChI is InChI=1S/C20H15FN4O2/c1-27-12-24-17-8-7-13(21)11-15(17)18-16(9-10-22)23-25(20(26)19(18)24)14-5-3-2-4-6-14/h2-8,11H,9,12H2,1H3. The van der Waals surface area contributed by atoms with Crippen molar-refractivity contribution in [3.63, 3.8) is 0 Å². The van der Waals surface area contributed by atoms with Crippen molar-refractivity contribution >= 4 is 21.8 Å². The smallest absolute Gasteiger partial charge is 0.296 e. The van der Waals surface area contributed by atoms with E-state index in [2.05, 4.69) is 11.2 Å². The summed E-state index contributed by atoms with van der Waals surface area (Å²) in [5, 5.41) is 14.7. The van der Waals surface area contributed by atoms with Gasteiger partial charge in [-0.1, -0.05) is 18.2 Å². The number of nitriles is 1. The Balaban J connectivity index is 2.22. The first-order chi connectivity index (χ1) is 13.2. The van der Waals surface area contributed by atoms with Gasteiger partial charge in [-0.15, -0.1) is 0 Å². The SMILES string of the molecule is COCn1c2ccc(F)cc2c2c(CC#N)nn(-c3ccccc3)c(=O)c21. The van der Waals surface area contributed by atoms with Crippen molar-refractivity contribution in [2.75, 3.05) is 7.11 Å². The molecule has 4 aromatic rings. The van der Waals surface area contributed by atoms with Crippen LogP contribution in [0.5, 0.6) is 0 Å². The van der Waals surface area contributed by atoms with E-state index in [0.29, 0.717) is 33.2 Å². The first-order valence-electron chi connectivity index (χ1n) is 8.30. The third-order valence-electron chi connectivity index (χ3n) is 4.44. The first-order valence-corrected chi connectivity index (χ1v) is 8.30. The Morgan fingerprint density at radius 1 is 1.22 bits per heavy atom. The number of halogens is 1. The molecule has 4 rings (SSSR count). The van der Waals surface area contributed by atoms with E-state index < -0.39 is 5.82 Å². The zero-order valence-electron chi connectivity index (χ0n) is 14.5. The van der Waals surface area contributed by atoms with Crippen LogP contribution in [-0.2, 0) is 17.9 Å². The Morgan fingerprint density at radius 2 is 2.00 bits per heavy atom. The molecule has 0 saturated heterocycles. The Bertz CT molecular complexity index is 1250. The molecule has 0 bridgehead atoms. The van der Waals surface area contributed by atoms with Gasteiger partial charge in [0.25, 0.3) is 5.56 Å². The maximum absolute atomic E-state index is 13.9. The van der Waals surface area contributed by atoms with Crippen molar-refractivity contribution in [3.8, 4) is 11.8 Å². The predicted molar refractivity (Wildman–Crippen MR) is 99.1 cm³/mol. The number of ether oxygens (including phenoxy) is 1. The number of para-hydroxylation sites is 1. The van der Waals surface area contributed by atoms with E-state index in [1.165, 1.54) is 23.9 Å². The highest BCUT2D eigenvalue weighted by Gasteiger charge is 2.21. The third kappa shape index (κ3) is 2.67. The number of fused-ring (bicyclic) bond motifs is 3. The molecule has 0 atom stereocenters. The second-order valence-corrected chi connectivity index (χ2v) is 6.06. The number of rotatable bonds is 4. The van der Waals surface area contributed by atoms with E-state index in [1.807, 2.05) is 6.07 Å². The molecule has 27 heavy (non-hydrogen) atoms. The van der Waals surface area contributed by atoms with Crippen LogP contribution in [0.15, 0.2) is 53.3 Å². The number of aromatic nitrogens is 3. The monoisotopic (exact) mass is 362 g/mol. The van der Waals surface area contributed by atoms with Gasteiger partial charge in [-0.05, 0) is 30.3 Å². The summed E-state index contributed by atoms with van der Waals surface area (Å²) in [6, 6.07) is 15.4. The van der Waals surface area contributed by atoms with Gasteiger partial charge in [-0.2, -0.15) is 15.0 Å². The van der Waals surface area contributed by atoms with Gasteiger partial charge >= 0.3 is 0 Å².